The third-order valence-corrected chi connectivity index (χ3v) is 23.9. The van der Waals surface area contributed by atoms with Crippen LogP contribution in [0.5, 0.6) is 0 Å². The zero-order chi connectivity index (χ0) is 75.2. The Bertz CT molecular complexity index is 7660. The van der Waals surface area contributed by atoms with Gasteiger partial charge in [0.2, 0.25) is 0 Å². The van der Waals surface area contributed by atoms with Gasteiger partial charge in [-0.15, -0.1) is 22.7 Å². The lowest BCUT2D eigenvalue weighted by Gasteiger charge is -2.12. The third-order valence-electron chi connectivity index (χ3n) is 21.5. The van der Waals surface area contributed by atoms with Gasteiger partial charge in [-0.25, -0.2) is 39.9 Å². The molecule has 12 heteroatoms. The molecule has 0 amide bonds. The van der Waals surface area contributed by atoms with Crippen molar-refractivity contribution in [2.45, 2.75) is 0 Å². The molecule has 0 saturated heterocycles. The molecule has 114 heavy (non-hydrogen) atoms. The molecule has 0 spiro atoms. The van der Waals surface area contributed by atoms with Gasteiger partial charge in [0.1, 0.15) is 22.3 Å². The van der Waals surface area contributed by atoms with Gasteiger partial charge in [-0.3, -0.25) is 0 Å². The summed E-state index contributed by atoms with van der Waals surface area (Å²) in [6, 6.07) is 126. The monoisotopic (exact) mass is 1490 g/mol. The van der Waals surface area contributed by atoms with Crippen LogP contribution in [0.4, 0.5) is 0 Å². The number of benzene rings is 15. The van der Waals surface area contributed by atoms with Gasteiger partial charge < -0.3 is 8.83 Å². The van der Waals surface area contributed by atoms with Gasteiger partial charge in [0, 0.05) is 107 Å². The molecule has 10 nitrogen and oxygen atoms in total. The van der Waals surface area contributed by atoms with Crippen molar-refractivity contribution in [3.63, 3.8) is 0 Å². The predicted molar refractivity (Wildman–Crippen MR) is 470 cm³/mol. The Balaban J connectivity index is 0.000000140. The molecule has 0 aliphatic heterocycles. The van der Waals surface area contributed by atoms with Gasteiger partial charge in [0.05, 0.1) is 44.0 Å². The summed E-state index contributed by atoms with van der Waals surface area (Å²) in [5, 5.41) is 11.1. The molecule has 23 aromatic rings. The highest BCUT2D eigenvalue weighted by Crippen LogP contribution is 2.50. The van der Waals surface area contributed by atoms with E-state index in [1.165, 1.54) is 51.5 Å². The number of hydrogen-bond donors (Lipinski definition) is 0. The van der Waals surface area contributed by atoms with Crippen LogP contribution in [0, 0.1) is 0 Å². The molecule has 0 unspecified atom stereocenters. The largest absolute Gasteiger partial charge is 0.455 e. The van der Waals surface area contributed by atoms with Crippen LogP contribution >= 0.6 is 22.7 Å². The lowest BCUT2D eigenvalue weighted by molar-refractivity contribution is 0.672. The average Bonchev–Trinajstić information content (AvgIpc) is 1.53. The van der Waals surface area contributed by atoms with Gasteiger partial charge in [0.15, 0.2) is 34.9 Å². The van der Waals surface area contributed by atoms with E-state index in [1.807, 2.05) is 144 Å². The number of nitrogens with zero attached hydrogens (tertiary/aromatic N) is 8. The molecular formula is C102H60N8O2S2. The molecule has 23 rings (SSSR count). The zero-order valence-electron chi connectivity index (χ0n) is 60.9. The molecular weight excluding hydrogens is 1430 g/mol. The maximum absolute atomic E-state index is 6.84. The second-order valence-electron chi connectivity index (χ2n) is 28.3. The zero-order valence-corrected chi connectivity index (χ0v) is 62.5. The Morgan fingerprint density at radius 3 is 0.939 bits per heavy atom. The third kappa shape index (κ3) is 11.5. The molecule has 0 atom stereocenters. The minimum absolute atomic E-state index is 0.595. The van der Waals surface area contributed by atoms with Crippen LogP contribution in [0.15, 0.2) is 373 Å². The number of aromatic nitrogens is 8. The number of pyridine rings is 2. The fraction of sp³-hybridized carbons (Fsp3) is 0. The predicted octanol–water partition coefficient (Wildman–Crippen LogP) is 27.7. The highest BCUT2D eigenvalue weighted by atomic mass is 32.1. The molecule has 0 N–H and O–H groups in total. The van der Waals surface area contributed by atoms with Crippen molar-refractivity contribution < 1.29 is 8.83 Å². The molecule has 15 aromatic carbocycles. The van der Waals surface area contributed by atoms with E-state index in [4.69, 9.17) is 48.7 Å². The van der Waals surface area contributed by atoms with Crippen molar-refractivity contribution in [2.75, 3.05) is 0 Å². The van der Waals surface area contributed by atoms with Crippen LogP contribution in [-0.4, -0.2) is 39.9 Å². The fourth-order valence-corrected chi connectivity index (χ4v) is 18.6. The second kappa shape index (κ2) is 27.6. The quantitative estimate of drug-likeness (QED) is 0.123. The summed E-state index contributed by atoms with van der Waals surface area (Å²) in [6.45, 7) is 0. The molecule has 0 radical (unpaired) electrons. The molecule has 0 aliphatic carbocycles. The van der Waals surface area contributed by atoms with E-state index in [0.717, 1.165) is 144 Å². The van der Waals surface area contributed by atoms with E-state index >= 15 is 0 Å². The number of para-hydroxylation sites is 2. The van der Waals surface area contributed by atoms with Gasteiger partial charge in [-0.1, -0.05) is 322 Å². The van der Waals surface area contributed by atoms with Crippen molar-refractivity contribution in [1.82, 2.24) is 39.9 Å². The van der Waals surface area contributed by atoms with Crippen LogP contribution in [0.3, 0.4) is 0 Å². The average molecular weight is 1490 g/mol. The van der Waals surface area contributed by atoms with Crippen molar-refractivity contribution >= 4 is 129 Å². The molecule has 0 bridgehead atoms. The van der Waals surface area contributed by atoms with Crippen LogP contribution in [0.1, 0.15) is 0 Å². The van der Waals surface area contributed by atoms with Crippen molar-refractivity contribution in [2.24, 2.45) is 0 Å². The Hall–Kier alpha value is -14.8. The van der Waals surface area contributed by atoms with Crippen molar-refractivity contribution in [3.8, 4) is 124 Å². The summed E-state index contributed by atoms with van der Waals surface area (Å²) in [7, 11) is 0. The molecule has 532 valence electrons. The van der Waals surface area contributed by atoms with E-state index < -0.39 is 0 Å². The van der Waals surface area contributed by atoms with E-state index in [-0.39, 0.29) is 0 Å². The standard InChI is InChI=1S/C54H32N4OS.C48H28N4OS/c1-3-13-33(14-4-1)34-25-29-37(30-26-34)53-56-52(36-15-5-2-6-16-36)57-54(58-53)38-31-27-35(28-32-38)49-48-43-18-7-9-23-45(43)59-50(48)47-40(19-12-22-44(47)55-49)42-21-11-20-41-39-17-8-10-24-46(39)60-51(41)42;1-3-14-29(15-4-1)46-50-47(30-16-5-2-6-17-30)52-48(51-46)32-19-11-18-31(28-32)43-42-37-21-7-9-26-39(37)53-44(42)41-34(22-13-25-38(41)49-43)36-24-12-23-35-33-20-8-10-27-40(33)54-45(35)36/h1-32H;1-28H. The van der Waals surface area contributed by atoms with Gasteiger partial charge in [0.25, 0.3) is 0 Å². The Kier molecular flexibility index (Phi) is 16.0. The second-order valence-corrected chi connectivity index (χ2v) is 30.4. The maximum Gasteiger partial charge on any atom is 0.164 e. The van der Waals surface area contributed by atoms with E-state index in [2.05, 4.69) is 243 Å². The van der Waals surface area contributed by atoms with E-state index in [0.29, 0.717) is 34.9 Å². The summed E-state index contributed by atoms with van der Waals surface area (Å²) < 4.78 is 18.7. The molecule has 0 fully saturated rings. The van der Waals surface area contributed by atoms with Gasteiger partial charge in [-0.2, -0.15) is 0 Å². The lowest BCUT2D eigenvalue weighted by atomic mass is 9.95. The Labute approximate surface area is 661 Å². The fourth-order valence-electron chi connectivity index (χ4n) is 16.1. The van der Waals surface area contributed by atoms with Crippen molar-refractivity contribution in [1.29, 1.82) is 0 Å². The number of thiophene rings is 2. The van der Waals surface area contributed by atoms with E-state index in [9.17, 15) is 0 Å². The first-order valence-corrected chi connectivity index (χ1v) is 39.5. The minimum Gasteiger partial charge on any atom is -0.455 e. The highest BCUT2D eigenvalue weighted by Gasteiger charge is 2.26. The SMILES string of the molecule is c1ccc(-c2ccc(-c3nc(-c4ccccc4)nc(-c4ccc(-c5nc6cccc(-c7cccc8c7sc7ccccc78)c6c6oc7ccccc7c56)cc4)n3)cc2)cc1.c1ccc(-c2nc(-c3ccccc3)nc(-c3cccc(-c4nc5cccc(-c6cccc7c6sc6ccccc67)c5c5oc6ccccc6c45)c3)n2)cc1. The Morgan fingerprint density at radius 2 is 0.491 bits per heavy atom. The summed E-state index contributed by atoms with van der Waals surface area (Å²) in [6.07, 6.45) is 0. The first-order valence-electron chi connectivity index (χ1n) is 37.9. The van der Waals surface area contributed by atoms with Crippen LogP contribution in [-0.2, 0) is 0 Å². The van der Waals surface area contributed by atoms with Crippen molar-refractivity contribution in [3.05, 3.63) is 364 Å². The molecule has 8 heterocycles. The van der Waals surface area contributed by atoms with Gasteiger partial charge in [-0.05, 0) is 64.7 Å². The lowest BCUT2D eigenvalue weighted by Crippen LogP contribution is -2.00. The molecule has 0 saturated carbocycles. The summed E-state index contributed by atoms with van der Waals surface area (Å²) in [5.41, 5.74) is 21.0. The summed E-state index contributed by atoms with van der Waals surface area (Å²) in [5.74, 6) is 3.68. The number of hydrogen-bond acceptors (Lipinski definition) is 12. The smallest absolute Gasteiger partial charge is 0.164 e. The molecule has 0 aliphatic rings. The number of rotatable bonds is 11. The number of fused-ring (bicyclic) bond motifs is 16. The Morgan fingerprint density at radius 1 is 0.193 bits per heavy atom. The van der Waals surface area contributed by atoms with Crippen LogP contribution in [0.25, 0.3) is 230 Å². The maximum atomic E-state index is 6.84. The summed E-state index contributed by atoms with van der Waals surface area (Å²) in [4.78, 5) is 40.9. The van der Waals surface area contributed by atoms with Gasteiger partial charge >= 0.3 is 0 Å². The highest BCUT2D eigenvalue weighted by molar-refractivity contribution is 7.26. The minimum atomic E-state index is 0.595. The van der Waals surface area contributed by atoms with Crippen LogP contribution in [0.2, 0.25) is 0 Å². The topological polar surface area (TPSA) is 129 Å². The van der Waals surface area contributed by atoms with Crippen LogP contribution < -0.4 is 0 Å². The first kappa shape index (κ1) is 66.2. The number of furan rings is 2. The first-order chi connectivity index (χ1) is 56.5. The normalized spacial score (nSPS) is 11.7. The van der Waals surface area contributed by atoms with E-state index in [1.54, 1.807) is 0 Å². The molecule has 8 aromatic heterocycles. The summed E-state index contributed by atoms with van der Waals surface area (Å²) >= 11 is 3.67.